The average molecular weight is 392 g/mol. The Kier molecular flexibility index (Phi) is 8.86. The molecule has 0 aromatic carbocycles. The maximum absolute atomic E-state index is 4.81. The summed E-state index contributed by atoms with van der Waals surface area (Å²) in [6, 6.07) is 0. The summed E-state index contributed by atoms with van der Waals surface area (Å²) < 4.78 is 0. The maximum atomic E-state index is 4.81. The number of hydrogen-bond donors (Lipinski definition) is 0. The molecule has 0 aromatic heterocycles. The van der Waals surface area contributed by atoms with Gasteiger partial charge in [-0.3, -0.25) is 0 Å². The predicted octanol–water partition coefficient (Wildman–Crippen LogP) is 6.38. The van der Waals surface area contributed by atoms with E-state index in [0.717, 1.165) is 5.66 Å². The topological polar surface area (TPSA) is 0 Å². The summed E-state index contributed by atoms with van der Waals surface area (Å²) in [6.07, 6.45) is 5.96. The van der Waals surface area contributed by atoms with Crippen molar-refractivity contribution in [2.24, 2.45) is 0 Å². The first kappa shape index (κ1) is 18.7. The van der Waals surface area contributed by atoms with Gasteiger partial charge in [0.15, 0.2) is 0 Å². The molecule has 0 saturated heterocycles. The zero-order valence-corrected chi connectivity index (χ0v) is 15.9. The Bertz CT molecular complexity index is 188. The molecule has 0 unspecified atom stereocenters. The first-order chi connectivity index (χ1) is 7.64. The van der Waals surface area contributed by atoms with Crippen molar-refractivity contribution in [2.75, 3.05) is 0 Å². The van der Waals surface area contributed by atoms with E-state index >= 15 is 0 Å². The molecule has 1 aliphatic carbocycles. The van der Waals surface area contributed by atoms with E-state index in [4.69, 9.17) is 19.1 Å². The van der Waals surface area contributed by atoms with Crippen molar-refractivity contribution >= 4 is 27.0 Å². The van der Waals surface area contributed by atoms with Crippen LogP contribution in [0.1, 0.15) is 67.2 Å². The standard InChI is InChI=1S/C13H27P.2ClH.Pd/c1-12(2,3)14(13(4,5)6)11-9-7-8-10-11;;;/h11H,7-10H2,1-6H3;2*1H;/q;;;+2/p-2. The van der Waals surface area contributed by atoms with Gasteiger partial charge in [-0.2, -0.15) is 0 Å². The molecule has 0 atom stereocenters. The number of halogens is 2. The van der Waals surface area contributed by atoms with Crippen LogP contribution in [0.3, 0.4) is 0 Å². The van der Waals surface area contributed by atoms with Crippen LogP contribution in [0.25, 0.3) is 0 Å². The summed E-state index contributed by atoms with van der Waals surface area (Å²) in [7, 11) is 9.78. The Morgan fingerprint density at radius 1 is 0.882 bits per heavy atom. The SMILES string of the molecule is CC(C)(C)P(C1CCCC1)C(C)(C)C.[Cl][Pd][Cl]. The van der Waals surface area contributed by atoms with Gasteiger partial charge in [0.2, 0.25) is 0 Å². The molecule has 1 saturated carbocycles. The number of hydrogen-bond acceptors (Lipinski definition) is 0. The van der Waals surface area contributed by atoms with Gasteiger partial charge in [0.1, 0.15) is 0 Å². The minimum atomic E-state index is -0.106. The van der Waals surface area contributed by atoms with Crippen LogP contribution < -0.4 is 0 Å². The second-order valence-corrected chi connectivity index (χ2v) is 13.2. The fourth-order valence-electron chi connectivity index (χ4n) is 3.26. The normalized spacial score (nSPS) is 18.4. The Balaban J connectivity index is 0.000000770. The van der Waals surface area contributed by atoms with E-state index in [1.807, 2.05) is 0 Å². The van der Waals surface area contributed by atoms with Crippen molar-refractivity contribution in [3.8, 4) is 0 Å². The van der Waals surface area contributed by atoms with Crippen LogP contribution in [0.4, 0.5) is 0 Å². The minimum absolute atomic E-state index is 0.106. The molecule has 1 aliphatic rings. The molecular formula is C13H27Cl2PPd. The third-order valence-electron chi connectivity index (χ3n) is 3.14. The monoisotopic (exact) mass is 390 g/mol. The second kappa shape index (κ2) is 8.07. The molecule has 1 fully saturated rings. The molecule has 0 N–H and O–H groups in total. The Morgan fingerprint density at radius 2 is 1.18 bits per heavy atom. The van der Waals surface area contributed by atoms with Crippen molar-refractivity contribution in [1.82, 2.24) is 0 Å². The molecule has 4 heteroatoms. The summed E-state index contributed by atoms with van der Waals surface area (Å²) in [4.78, 5) is 0. The zero-order chi connectivity index (χ0) is 13.7. The first-order valence-electron chi connectivity index (χ1n) is 6.26. The van der Waals surface area contributed by atoms with E-state index in [9.17, 15) is 0 Å². The van der Waals surface area contributed by atoms with Crippen LogP contribution >= 0.6 is 27.0 Å². The molecule has 17 heavy (non-hydrogen) atoms. The van der Waals surface area contributed by atoms with Crippen molar-refractivity contribution in [1.29, 1.82) is 0 Å². The average Bonchev–Trinajstić information content (AvgIpc) is 2.52. The van der Waals surface area contributed by atoms with Gasteiger partial charge in [0, 0.05) is 0 Å². The third-order valence-corrected chi connectivity index (χ3v) is 7.27. The van der Waals surface area contributed by atoms with Gasteiger partial charge in [-0.25, -0.2) is 0 Å². The molecule has 0 heterocycles. The summed E-state index contributed by atoms with van der Waals surface area (Å²) in [5, 5.41) is 1.06. The van der Waals surface area contributed by atoms with Crippen molar-refractivity contribution in [3.63, 3.8) is 0 Å². The van der Waals surface area contributed by atoms with E-state index in [1.165, 1.54) is 25.7 Å². The molecule has 0 bridgehead atoms. The van der Waals surface area contributed by atoms with Crippen molar-refractivity contribution in [3.05, 3.63) is 0 Å². The zero-order valence-electron chi connectivity index (χ0n) is 11.9. The molecule has 0 spiro atoms. The molecular weight excluding hydrogens is 364 g/mol. The van der Waals surface area contributed by atoms with E-state index in [2.05, 4.69) is 41.5 Å². The van der Waals surface area contributed by atoms with Crippen LogP contribution in [-0.4, -0.2) is 16.0 Å². The molecule has 0 aliphatic heterocycles. The Labute approximate surface area is 125 Å². The van der Waals surface area contributed by atoms with Crippen LogP contribution in [0.2, 0.25) is 0 Å². The van der Waals surface area contributed by atoms with Crippen molar-refractivity contribution < 1.29 is 15.9 Å². The van der Waals surface area contributed by atoms with Crippen molar-refractivity contribution in [2.45, 2.75) is 83.2 Å². The molecule has 1 rings (SSSR count). The quantitative estimate of drug-likeness (QED) is 0.359. The predicted molar refractivity (Wildman–Crippen MR) is 80.4 cm³/mol. The van der Waals surface area contributed by atoms with E-state index in [1.54, 1.807) is 0 Å². The molecule has 0 amide bonds. The first-order valence-corrected chi connectivity index (χ1v) is 11.7. The third kappa shape index (κ3) is 7.13. The van der Waals surface area contributed by atoms with Gasteiger partial charge in [0.05, 0.1) is 0 Å². The van der Waals surface area contributed by atoms with Crippen LogP contribution in [0.15, 0.2) is 0 Å². The van der Waals surface area contributed by atoms with Crippen LogP contribution in [-0.2, 0) is 15.9 Å². The van der Waals surface area contributed by atoms with Gasteiger partial charge < -0.3 is 0 Å². The Hall–Kier alpha value is 1.67. The molecule has 0 nitrogen and oxygen atoms in total. The van der Waals surface area contributed by atoms with E-state index in [-0.39, 0.29) is 23.9 Å². The molecule has 0 radical (unpaired) electrons. The van der Waals surface area contributed by atoms with Gasteiger partial charge in [-0.15, -0.1) is 0 Å². The van der Waals surface area contributed by atoms with Gasteiger partial charge in [0.25, 0.3) is 0 Å². The van der Waals surface area contributed by atoms with Gasteiger partial charge >= 0.3 is 35.0 Å². The van der Waals surface area contributed by atoms with Gasteiger partial charge in [-0.05, 0) is 28.8 Å². The van der Waals surface area contributed by atoms with E-state index < -0.39 is 0 Å². The number of rotatable bonds is 1. The van der Waals surface area contributed by atoms with E-state index in [0.29, 0.717) is 10.3 Å². The summed E-state index contributed by atoms with van der Waals surface area (Å²) in [5.41, 5.74) is 1.05. The summed E-state index contributed by atoms with van der Waals surface area (Å²) in [6.45, 7) is 14.7. The van der Waals surface area contributed by atoms with Crippen LogP contribution in [0, 0.1) is 0 Å². The van der Waals surface area contributed by atoms with Gasteiger partial charge in [-0.1, -0.05) is 62.3 Å². The summed E-state index contributed by atoms with van der Waals surface area (Å²) in [5.74, 6) is 0. The molecule has 0 aromatic rings. The fourth-order valence-corrected chi connectivity index (χ4v) is 8.35. The fraction of sp³-hybridized carbons (Fsp3) is 1.00. The second-order valence-electron chi connectivity index (χ2n) is 6.70. The van der Waals surface area contributed by atoms with Crippen LogP contribution in [0.5, 0.6) is 0 Å². The molecule has 108 valence electrons. The summed E-state index contributed by atoms with van der Waals surface area (Å²) >= 11 is -0.106. The Morgan fingerprint density at radius 3 is 1.41 bits per heavy atom.